The lowest BCUT2D eigenvalue weighted by Crippen LogP contribution is -2.35. The zero-order chi connectivity index (χ0) is 24.9. The molecule has 2 aromatic heterocycles. The molecule has 1 saturated heterocycles. The third kappa shape index (κ3) is 5.93. The third-order valence-electron chi connectivity index (χ3n) is 5.80. The first kappa shape index (κ1) is 25.0. The second-order valence-electron chi connectivity index (χ2n) is 9.14. The third-order valence-corrected chi connectivity index (χ3v) is 6.85. The van der Waals surface area contributed by atoms with Crippen LogP contribution < -0.4 is 15.5 Å². The van der Waals surface area contributed by atoms with Gasteiger partial charge in [0, 0.05) is 37.0 Å². The van der Waals surface area contributed by atoms with Gasteiger partial charge in [-0.3, -0.25) is 9.59 Å². The van der Waals surface area contributed by atoms with Gasteiger partial charge in [0.15, 0.2) is 10.8 Å². The Balaban J connectivity index is 1.40. The van der Waals surface area contributed by atoms with Crippen LogP contribution in [0.15, 0.2) is 35.6 Å². The number of aromatic nitrogens is 4. The lowest BCUT2D eigenvalue weighted by Gasteiger charge is -2.17. The standard InChI is InChI=1S/C25H33N7O2S/c1-5-12-35-25-29-22(28-16(2)3)20-14-27-32(23(20)30-25)11-10-26-24(34)18-13-21(33)31(15-18)19-8-6-17(4)7-9-19/h6-9,14,16,18H,5,10-13,15H2,1-4H3,(H,26,34)(H,28,29,30). The van der Waals surface area contributed by atoms with E-state index in [0.717, 1.165) is 40.3 Å². The van der Waals surface area contributed by atoms with E-state index in [4.69, 9.17) is 4.98 Å². The lowest BCUT2D eigenvalue weighted by molar-refractivity contribution is -0.126. The van der Waals surface area contributed by atoms with Crippen molar-refractivity contribution in [2.75, 3.05) is 29.1 Å². The van der Waals surface area contributed by atoms with Gasteiger partial charge in [-0.25, -0.2) is 14.6 Å². The SMILES string of the molecule is CCCSc1nc(NC(C)C)c2cnn(CCNC(=O)C3CC(=O)N(c4ccc(C)cc4)C3)c2n1. The van der Waals surface area contributed by atoms with E-state index >= 15 is 0 Å². The summed E-state index contributed by atoms with van der Waals surface area (Å²) < 4.78 is 1.80. The minimum absolute atomic E-state index is 0.0222. The lowest BCUT2D eigenvalue weighted by atomic mass is 10.1. The summed E-state index contributed by atoms with van der Waals surface area (Å²) in [6, 6.07) is 8.03. The van der Waals surface area contributed by atoms with Crippen molar-refractivity contribution in [3.8, 4) is 0 Å². The van der Waals surface area contributed by atoms with Gasteiger partial charge in [-0.15, -0.1) is 0 Å². The van der Waals surface area contributed by atoms with Gasteiger partial charge in [-0.05, 0) is 39.3 Å². The van der Waals surface area contributed by atoms with Crippen molar-refractivity contribution in [3.05, 3.63) is 36.0 Å². The molecule has 2 N–H and O–H groups in total. The Kier molecular flexibility index (Phi) is 7.90. The van der Waals surface area contributed by atoms with E-state index < -0.39 is 0 Å². The molecule has 35 heavy (non-hydrogen) atoms. The van der Waals surface area contributed by atoms with Crippen LogP contribution in [0.5, 0.6) is 0 Å². The molecule has 0 bridgehead atoms. The summed E-state index contributed by atoms with van der Waals surface area (Å²) in [7, 11) is 0. The van der Waals surface area contributed by atoms with Gasteiger partial charge < -0.3 is 15.5 Å². The Bertz CT molecular complexity index is 1190. The molecule has 0 radical (unpaired) electrons. The van der Waals surface area contributed by atoms with Crippen molar-refractivity contribution in [2.24, 2.45) is 5.92 Å². The van der Waals surface area contributed by atoms with E-state index in [2.05, 4.69) is 41.5 Å². The molecular weight excluding hydrogens is 462 g/mol. The zero-order valence-corrected chi connectivity index (χ0v) is 21.6. The molecule has 0 aliphatic carbocycles. The number of carbonyl (C=O) groups excluding carboxylic acids is 2. The van der Waals surface area contributed by atoms with Gasteiger partial charge in [-0.2, -0.15) is 5.10 Å². The first-order chi connectivity index (χ1) is 16.9. The summed E-state index contributed by atoms with van der Waals surface area (Å²) in [4.78, 5) is 36.4. The Morgan fingerprint density at radius 1 is 1.23 bits per heavy atom. The van der Waals surface area contributed by atoms with Crippen molar-refractivity contribution in [2.45, 2.75) is 58.3 Å². The second-order valence-corrected chi connectivity index (χ2v) is 10.2. The quantitative estimate of drug-likeness (QED) is 0.327. The number of anilines is 2. The highest BCUT2D eigenvalue weighted by Crippen LogP contribution is 2.26. The fourth-order valence-electron chi connectivity index (χ4n) is 4.03. The number of hydrogen-bond donors (Lipinski definition) is 2. The molecule has 9 nitrogen and oxygen atoms in total. The molecule has 186 valence electrons. The van der Waals surface area contributed by atoms with Crippen LogP contribution >= 0.6 is 11.8 Å². The van der Waals surface area contributed by atoms with Crippen LogP contribution in [-0.4, -0.2) is 56.4 Å². The largest absolute Gasteiger partial charge is 0.367 e. The van der Waals surface area contributed by atoms with Gasteiger partial charge in [-0.1, -0.05) is 36.4 Å². The fraction of sp³-hybridized carbons (Fsp3) is 0.480. The van der Waals surface area contributed by atoms with Gasteiger partial charge >= 0.3 is 0 Å². The number of hydrogen-bond acceptors (Lipinski definition) is 7. The average molecular weight is 496 g/mol. The molecule has 2 amide bonds. The highest BCUT2D eigenvalue weighted by Gasteiger charge is 2.34. The van der Waals surface area contributed by atoms with Crippen LogP contribution in [0, 0.1) is 12.8 Å². The zero-order valence-electron chi connectivity index (χ0n) is 20.7. The van der Waals surface area contributed by atoms with Crippen molar-refractivity contribution in [1.29, 1.82) is 0 Å². The molecule has 1 unspecified atom stereocenters. The van der Waals surface area contributed by atoms with E-state index in [0.29, 0.717) is 24.8 Å². The molecule has 1 fully saturated rings. The van der Waals surface area contributed by atoms with Crippen molar-refractivity contribution in [1.82, 2.24) is 25.1 Å². The summed E-state index contributed by atoms with van der Waals surface area (Å²) >= 11 is 1.62. The molecule has 0 spiro atoms. The number of amides is 2. The molecule has 4 rings (SSSR count). The molecule has 1 aliphatic heterocycles. The molecule has 10 heteroatoms. The first-order valence-electron chi connectivity index (χ1n) is 12.1. The molecule has 0 saturated carbocycles. The van der Waals surface area contributed by atoms with E-state index in [1.165, 1.54) is 0 Å². The monoisotopic (exact) mass is 495 g/mol. The Morgan fingerprint density at radius 3 is 2.71 bits per heavy atom. The van der Waals surface area contributed by atoms with Crippen molar-refractivity contribution >= 4 is 46.1 Å². The number of fused-ring (bicyclic) bond motifs is 1. The van der Waals surface area contributed by atoms with Crippen LogP contribution in [0.1, 0.15) is 39.2 Å². The molecular formula is C25H33N7O2S. The normalized spacial score (nSPS) is 15.9. The maximum Gasteiger partial charge on any atom is 0.227 e. The van der Waals surface area contributed by atoms with Gasteiger partial charge in [0.2, 0.25) is 11.8 Å². The predicted octanol–water partition coefficient (Wildman–Crippen LogP) is 3.63. The summed E-state index contributed by atoms with van der Waals surface area (Å²) in [5.74, 6) is 1.22. The van der Waals surface area contributed by atoms with Crippen LogP contribution in [0.2, 0.25) is 0 Å². The maximum absolute atomic E-state index is 12.8. The molecule has 3 heterocycles. The summed E-state index contributed by atoms with van der Waals surface area (Å²) in [6.07, 6.45) is 3.03. The van der Waals surface area contributed by atoms with Crippen LogP contribution in [0.25, 0.3) is 11.0 Å². The minimum Gasteiger partial charge on any atom is -0.367 e. The Hall–Kier alpha value is -3.14. The van der Waals surface area contributed by atoms with Gasteiger partial charge in [0.05, 0.1) is 24.0 Å². The van der Waals surface area contributed by atoms with E-state index in [1.54, 1.807) is 27.5 Å². The predicted molar refractivity (Wildman–Crippen MR) is 140 cm³/mol. The van der Waals surface area contributed by atoms with Crippen molar-refractivity contribution < 1.29 is 9.59 Å². The number of rotatable bonds is 10. The molecule has 1 aromatic carbocycles. The van der Waals surface area contributed by atoms with Crippen LogP contribution in [0.3, 0.4) is 0 Å². The Labute approximate surface area is 210 Å². The van der Waals surface area contributed by atoms with Crippen LogP contribution in [0.4, 0.5) is 11.5 Å². The fourth-order valence-corrected chi connectivity index (χ4v) is 4.72. The van der Waals surface area contributed by atoms with Gasteiger partial charge in [0.25, 0.3) is 0 Å². The van der Waals surface area contributed by atoms with E-state index in [-0.39, 0.29) is 30.2 Å². The summed E-state index contributed by atoms with van der Waals surface area (Å²) in [6.45, 7) is 9.55. The number of carbonyl (C=O) groups is 2. The minimum atomic E-state index is -0.362. The highest BCUT2D eigenvalue weighted by molar-refractivity contribution is 7.99. The Morgan fingerprint density at radius 2 is 2.00 bits per heavy atom. The smallest absolute Gasteiger partial charge is 0.227 e. The van der Waals surface area contributed by atoms with E-state index in [1.807, 2.05) is 31.2 Å². The van der Waals surface area contributed by atoms with Gasteiger partial charge in [0.1, 0.15) is 5.82 Å². The van der Waals surface area contributed by atoms with E-state index in [9.17, 15) is 9.59 Å². The first-order valence-corrected chi connectivity index (χ1v) is 13.1. The number of nitrogens with zero attached hydrogens (tertiary/aromatic N) is 5. The number of nitrogens with one attached hydrogen (secondary N) is 2. The number of thioether (sulfide) groups is 1. The second kappa shape index (κ2) is 11.1. The van der Waals surface area contributed by atoms with Crippen LogP contribution in [-0.2, 0) is 16.1 Å². The molecule has 3 aromatic rings. The summed E-state index contributed by atoms with van der Waals surface area (Å²) in [5, 5.41) is 12.5. The topological polar surface area (TPSA) is 105 Å². The molecule has 1 aliphatic rings. The van der Waals surface area contributed by atoms with Crippen molar-refractivity contribution in [3.63, 3.8) is 0 Å². The molecule has 1 atom stereocenters. The maximum atomic E-state index is 12.8. The average Bonchev–Trinajstić information content (AvgIpc) is 3.41. The number of aryl methyl sites for hydroxylation is 1. The highest BCUT2D eigenvalue weighted by atomic mass is 32.2. The number of benzene rings is 1. The summed E-state index contributed by atoms with van der Waals surface area (Å²) in [5.41, 5.74) is 2.72.